The zero-order valence-electron chi connectivity index (χ0n) is 10.5. The Labute approximate surface area is 112 Å². The molecule has 1 aromatic rings. The summed E-state index contributed by atoms with van der Waals surface area (Å²) in [7, 11) is 0. The topological polar surface area (TPSA) is 33.1 Å². The minimum absolute atomic E-state index is 0.365. The molecule has 1 fully saturated rings. The third-order valence-electron chi connectivity index (χ3n) is 3.99. The van der Waals surface area contributed by atoms with Crippen LogP contribution in [0.4, 0.5) is 0 Å². The highest BCUT2D eigenvalue weighted by Crippen LogP contribution is 2.38. The Balaban J connectivity index is 2.12. The molecule has 0 saturated heterocycles. The molecule has 3 unspecified atom stereocenters. The summed E-state index contributed by atoms with van der Waals surface area (Å²) < 4.78 is 0.985. The van der Waals surface area contributed by atoms with Crippen LogP contribution >= 0.6 is 15.9 Å². The first kappa shape index (κ1) is 13.0. The molecule has 17 heavy (non-hydrogen) atoms. The van der Waals surface area contributed by atoms with Crippen LogP contribution in [0.5, 0.6) is 0 Å². The zero-order valence-corrected chi connectivity index (χ0v) is 12.1. The Morgan fingerprint density at radius 2 is 2.18 bits per heavy atom. The summed E-state index contributed by atoms with van der Waals surface area (Å²) in [4.78, 5) is 4.37. The van der Waals surface area contributed by atoms with Crippen molar-refractivity contribution in [2.75, 3.05) is 0 Å². The van der Waals surface area contributed by atoms with Crippen molar-refractivity contribution in [2.24, 2.45) is 11.8 Å². The summed E-state index contributed by atoms with van der Waals surface area (Å²) in [5, 5.41) is 10.8. The predicted molar refractivity (Wildman–Crippen MR) is 72.8 cm³/mol. The van der Waals surface area contributed by atoms with Gasteiger partial charge in [-0.2, -0.15) is 0 Å². The van der Waals surface area contributed by atoms with Gasteiger partial charge in [0.25, 0.3) is 0 Å². The Morgan fingerprint density at radius 3 is 2.82 bits per heavy atom. The van der Waals surface area contributed by atoms with E-state index in [1.165, 1.54) is 6.42 Å². The molecule has 3 atom stereocenters. The lowest BCUT2D eigenvalue weighted by Crippen LogP contribution is -2.43. The fourth-order valence-electron chi connectivity index (χ4n) is 2.78. The standard InChI is InChI=1S/C14H20BrNO/c1-10-3-4-11(2)14(17,7-10)8-13-6-5-12(15)9-16-13/h5-6,9-11,17H,3-4,7-8H2,1-2H3. The van der Waals surface area contributed by atoms with Crippen LogP contribution in [0.25, 0.3) is 0 Å². The minimum Gasteiger partial charge on any atom is -0.389 e. The van der Waals surface area contributed by atoms with Gasteiger partial charge in [0.2, 0.25) is 0 Å². The minimum atomic E-state index is -0.571. The van der Waals surface area contributed by atoms with E-state index < -0.39 is 5.60 Å². The SMILES string of the molecule is CC1CCC(C)C(O)(Cc2ccc(Br)cn2)C1. The van der Waals surface area contributed by atoms with Crippen LogP contribution < -0.4 is 0 Å². The van der Waals surface area contributed by atoms with Crippen molar-refractivity contribution >= 4 is 15.9 Å². The van der Waals surface area contributed by atoms with Gasteiger partial charge in [-0.3, -0.25) is 4.98 Å². The number of hydrogen-bond donors (Lipinski definition) is 1. The van der Waals surface area contributed by atoms with E-state index in [9.17, 15) is 5.11 Å². The Kier molecular flexibility index (Phi) is 3.88. The van der Waals surface area contributed by atoms with Crippen LogP contribution in [-0.4, -0.2) is 15.7 Å². The van der Waals surface area contributed by atoms with Gasteiger partial charge in [-0.25, -0.2) is 0 Å². The second kappa shape index (κ2) is 5.07. The molecule has 1 aliphatic rings. The van der Waals surface area contributed by atoms with Crippen LogP contribution in [-0.2, 0) is 6.42 Å². The van der Waals surface area contributed by atoms with Crippen LogP contribution in [0.2, 0.25) is 0 Å². The number of nitrogens with zero attached hydrogens (tertiary/aromatic N) is 1. The van der Waals surface area contributed by atoms with Crippen molar-refractivity contribution in [1.29, 1.82) is 0 Å². The average Bonchev–Trinajstić information content (AvgIpc) is 2.27. The van der Waals surface area contributed by atoms with E-state index in [2.05, 4.69) is 34.8 Å². The highest BCUT2D eigenvalue weighted by molar-refractivity contribution is 9.10. The van der Waals surface area contributed by atoms with E-state index >= 15 is 0 Å². The molecule has 0 radical (unpaired) electrons. The second-order valence-corrected chi connectivity index (χ2v) is 6.45. The molecule has 0 amide bonds. The highest BCUT2D eigenvalue weighted by atomic mass is 79.9. The molecule has 0 spiro atoms. The van der Waals surface area contributed by atoms with Crippen LogP contribution in [0, 0.1) is 11.8 Å². The van der Waals surface area contributed by atoms with Gasteiger partial charge in [-0.1, -0.05) is 20.3 Å². The molecule has 0 aromatic carbocycles. The summed E-state index contributed by atoms with van der Waals surface area (Å²) in [6, 6.07) is 3.98. The first-order chi connectivity index (χ1) is 7.99. The molecular weight excluding hydrogens is 278 g/mol. The van der Waals surface area contributed by atoms with E-state index in [1.54, 1.807) is 6.20 Å². The van der Waals surface area contributed by atoms with Crippen molar-refractivity contribution in [3.63, 3.8) is 0 Å². The van der Waals surface area contributed by atoms with Crippen LogP contribution in [0.15, 0.2) is 22.8 Å². The number of halogens is 1. The molecule has 1 aliphatic carbocycles. The Morgan fingerprint density at radius 1 is 1.41 bits per heavy atom. The van der Waals surface area contributed by atoms with Crippen LogP contribution in [0.1, 0.15) is 38.8 Å². The second-order valence-electron chi connectivity index (χ2n) is 5.54. The molecule has 2 nitrogen and oxygen atoms in total. The summed E-state index contributed by atoms with van der Waals surface area (Å²) in [6.45, 7) is 4.39. The number of pyridine rings is 1. The largest absolute Gasteiger partial charge is 0.389 e. The maximum Gasteiger partial charge on any atom is 0.0730 e. The summed E-state index contributed by atoms with van der Waals surface area (Å²) in [5.41, 5.74) is 0.412. The maximum atomic E-state index is 10.8. The Bertz CT molecular complexity index is 378. The molecule has 2 rings (SSSR count). The zero-order chi connectivity index (χ0) is 12.5. The molecule has 1 saturated carbocycles. The van der Waals surface area contributed by atoms with Gasteiger partial charge in [0.05, 0.1) is 5.60 Å². The number of rotatable bonds is 2. The first-order valence-corrected chi connectivity index (χ1v) is 7.12. The maximum absolute atomic E-state index is 10.8. The van der Waals surface area contributed by atoms with Crippen molar-refractivity contribution in [3.05, 3.63) is 28.5 Å². The fourth-order valence-corrected chi connectivity index (χ4v) is 3.02. The monoisotopic (exact) mass is 297 g/mol. The summed E-state index contributed by atoms with van der Waals surface area (Å²) in [5.74, 6) is 0.982. The molecule has 3 heteroatoms. The van der Waals surface area contributed by atoms with Crippen LogP contribution in [0.3, 0.4) is 0 Å². The summed E-state index contributed by atoms with van der Waals surface area (Å²) >= 11 is 3.38. The van der Waals surface area contributed by atoms with Crippen molar-refractivity contribution in [1.82, 2.24) is 4.98 Å². The predicted octanol–water partition coefficient (Wildman–Crippen LogP) is 3.57. The third-order valence-corrected chi connectivity index (χ3v) is 4.46. The quantitative estimate of drug-likeness (QED) is 0.905. The number of aliphatic hydroxyl groups is 1. The fraction of sp³-hybridized carbons (Fsp3) is 0.643. The van der Waals surface area contributed by atoms with Gasteiger partial charge < -0.3 is 5.11 Å². The molecule has 0 aliphatic heterocycles. The van der Waals surface area contributed by atoms with Gasteiger partial charge in [0.1, 0.15) is 0 Å². The van der Waals surface area contributed by atoms with Gasteiger partial charge >= 0.3 is 0 Å². The van der Waals surface area contributed by atoms with Crippen molar-refractivity contribution < 1.29 is 5.11 Å². The lowest BCUT2D eigenvalue weighted by molar-refractivity contribution is -0.0566. The van der Waals surface area contributed by atoms with E-state index in [-0.39, 0.29) is 0 Å². The van der Waals surface area contributed by atoms with Gasteiger partial charge in [0.15, 0.2) is 0 Å². The van der Waals surface area contributed by atoms with Crippen molar-refractivity contribution in [2.45, 2.75) is 45.1 Å². The molecule has 1 N–H and O–H groups in total. The Hall–Kier alpha value is -0.410. The smallest absolute Gasteiger partial charge is 0.0730 e. The van der Waals surface area contributed by atoms with Crippen molar-refractivity contribution in [3.8, 4) is 0 Å². The average molecular weight is 298 g/mol. The molecular formula is C14H20BrNO. The third kappa shape index (κ3) is 3.08. The highest BCUT2D eigenvalue weighted by Gasteiger charge is 2.38. The number of hydrogen-bond acceptors (Lipinski definition) is 2. The van der Waals surface area contributed by atoms with E-state index in [0.717, 1.165) is 23.0 Å². The van der Waals surface area contributed by atoms with Gasteiger partial charge in [-0.15, -0.1) is 0 Å². The van der Waals surface area contributed by atoms with E-state index in [1.807, 2.05) is 12.1 Å². The lowest BCUT2D eigenvalue weighted by Gasteiger charge is -2.41. The normalized spacial score (nSPS) is 33.6. The van der Waals surface area contributed by atoms with Gasteiger partial charge in [-0.05, 0) is 52.7 Å². The summed E-state index contributed by atoms with van der Waals surface area (Å²) in [6.07, 6.45) is 5.72. The molecule has 1 aromatic heterocycles. The lowest BCUT2D eigenvalue weighted by atomic mass is 9.70. The molecule has 94 valence electrons. The molecule has 1 heterocycles. The van der Waals surface area contributed by atoms with E-state index in [0.29, 0.717) is 18.3 Å². The van der Waals surface area contributed by atoms with E-state index in [4.69, 9.17) is 0 Å². The number of aromatic nitrogens is 1. The molecule has 0 bridgehead atoms. The first-order valence-electron chi connectivity index (χ1n) is 6.32. The van der Waals surface area contributed by atoms with Gasteiger partial charge in [0, 0.05) is 22.8 Å².